The van der Waals surface area contributed by atoms with Gasteiger partial charge in [0.15, 0.2) is 5.78 Å². The fourth-order valence-electron chi connectivity index (χ4n) is 1.37. The van der Waals surface area contributed by atoms with Crippen molar-refractivity contribution >= 4 is 29.1 Å². The lowest BCUT2D eigenvalue weighted by Gasteiger charge is -1.95. The van der Waals surface area contributed by atoms with E-state index in [1.807, 2.05) is 0 Å². The molecule has 0 aliphatic rings. The molecule has 1 rings (SSSR count). The second kappa shape index (κ2) is 7.61. The Morgan fingerprint density at radius 3 is 2.50 bits per heavy atom. The minimum absolute atomic E-state index is 0.0402. The van der Waals surface area contributed by atoms with Crippen LogP contribution >= 0.6 is 11.6 Å². The summed E-state index contributed by atoms with van der Waals surface area (Å²) in [6.45, 7) is 0. The normalized spacial score (nSPS) is 10.7. The number of nitro benzene ring substituents is 1. The summed E-state index contributed by atoms with van der Waals surface area (Å²) >= 11 is 5.51. The third-order valence-electron chi connectivity index (χ3n) is 2.37. The maximum Gasteiger partial charge on any atom is 0.269 e. The van der Waals surface area contributed by atoms with Crippen LogP contribution in [0.4, 0.5) is 5.69 Å². The molecule has 0 heterocycles. The monoisotopic (exact) mass is 267 g/mol. The highest BCUT2D eigenvalue weighted by atomic mass is 35.5. The first kappa shape index (κ1) is 14.4. The minimum atomic E-state index is -0.454. The molecule has 0 amide bonds. The molecular formula is C13H14ClNO3. The molecule has 0 N–H and O–H groups in total. The number of nitrogens with zero attached hydrogens (tertiary/aromatic N) is 1. The highest BCUT2D eigenvalue weighted by Gasteiger charge is 2.02. The number of carbonyl (C=O) groups is 1. The molecule has 0 saturated heterocycles. The van der Waals surface area contributed by atoms with Gasteiger partial charge < -0.3 is 0 Å². The molecule has 1 aromatic rings. The van der Waals surface area contributed by atoms with Crippen molar-refractivity contribution < 1.29 is 9.72 Å². The van der Waals surface area contributed by atoms with Crippen molar-refractivity contribution in [1.29, 1.82) is 0 Å². The van der Waals surface area contributed by atoms with Gasteiger partial charge >= 0.3 is 0 Å². The summed E-state index contributed by atoms with van der Waals surface area (Å²) < 4.78 is 0. The summed E-state index contributed by atoms with van der Waals surface area (Å²) in [7, 11) is 0. The Kier molecular flexibility index (Phi) is 6.08. The molecule has 0 unspecified atom stereocenters. The van der Waals surface area contributed by atoms with Crippen molar-refractivity contribution in [3.8, 4) is 0 Å². The van der Waals surface area contributed by atoms with E-state index in [0.29, 0.717) is 12.3 Å². The summed E-state index contributed by atoms with van der Waals surface area (Å²) in [4.78, 5) is 21.4. The van der Waals surface area contributed by atoms with Crippen molar-refractivity contribution in [1.82, 2.24) is 0 Å². The predicted molar refractivity (Wildman–Crippen MR) is 71.7 cm³/mol. The molecule has 18 heavy (non-hydrogen) atoms. The van der Waals surface area contributed by atoms with Gasteiger partial charge in [0.2, 0.25) is 0 Å². The third-order valence-corrected chi connectivity index (χ3v) is 2.64. The van der Waals surface area contributed by atoms with Crippen LogP contribution in [0, 0.1) is 10.1 Å². The van der Waals surface area contributed by atoms with E-state index in [9.17, 15) is 14.9 Å². The van der Waals surface area contributed by atoms with E-state index >= 15 is 0 Å². The molecule has 0 spiro atoms. The van der Waals surface area contributed by atoms with Gasteiger partial charge in [-0.05, 0) is 36.6 Å². The lowest BCUT2D eigenvalue weighted by Crippen LogP contribution is -1.92. The number of halogens is 1. The number of benzene rings is 1. The Hall–Kier alpha value is -1.68. The van der Waals surface area contributed by atoms with E-state index in [1.165, 1.54) is 18.2 Å². The number of rotatable bonds is 7. The maximum absolute atomic E-state index is 11.4. The molecule has 0 bridgehead atoms. The van der Waals surface area contributed by atoms with Crippen molar-refractivity contribution in [2.75, 3.05) is 5.88 Å². The Bertz CT molecular complexity index is 440. The average Bonchev–Trinajstić information content (AvgIpc) is 2.37. The van der Waals surface area contributed by atoms with E-state index in [4.69, 9.17) is 11.6 Å². The van der Waals surface area contributed by atoms with Gasteiger partial charge in [0.25, 0.3) is 5.69 Å². The molecule has 0 radical (unpaired) electrons. The molecule has 4 nitrogen and oxygen atoms in total. The van der Waals surface area contributed by atoms with Crippen molar-refractivity contribution in [2.24, 2.45) is 0 Å². The number of hydrogen-bond donors (Lipinski definition) is 0. The molecule has 96 valence electrons. The van der Waals surface area contributed by atoms with Gasteiger partial charge in [-0.2, -0.15) is 0 Å². The number of alkyl halides is 1. The Balaban J connectivity index is 2.51. The van der Waals surface area contributed by atoms with Gasteiger partial charge in [0.1, 0.15) is 0 Å². The molecule has 0 saturated carbocycles. The Morgan fingerprint density at radius 2 is 1.94 bits per heavy atom. The molecule has 0 fully saturated rings. The van der Waals surface area contributed by atoms with Crippen LogP contribution in [0.1, 0.15) is 24.8 Å². The first-order valence-corrected chi connectivity index (χ1v) is 6.18. The SMILES string of the molecule is O=C(/C=C/c1ccc([N+](=O)[O-])cc1)CCCCCl. The average molecular weight is 268 g/mol. The zero-order valence-corrected chi connectivity index (χ0v) is 10.6. The van der Waals surface area contributed by atoms with Crippen LogP contribution < -0.4 is 0 Å². The van der Waals surface area contributed by atoms with Crippen LogP contribution in [-0.2, 0) is 4.79 Å². The van der Waals surface area contributed by atoms with Gasteiger partial charge in [-0.1, -0.05) is 6.08 Å². The molecule has 0 atom stereocenters. The summed E-state index contributed by atoms with van der Waals surface area (Å²) in [5, 5.41) is 10.4. The Morgan fingerprint density at radius 1 is 1.28 bits per heavy atom. The smallest absolute Gasteiger partial charge is 0.269 e. The number of carbonyl (C=O) groups excluding carboxylic acids is 1. The molecular weight excluding hydrogens is 254 g/mol. The largest absolute Gasteiger partial charge is 0.295 e. The second-order valence-electron chi connectivity index (χ2n) is 3.79. The van der Waals surface area contributed by atoms with Crippen LogP contribution in [0.15, 0.2) is 30.3 Å². The van der Waals surface area contributed by atoms with Gasteiger partial charge in [-0.25, -0.2) is 0 Å². The number of ketones is 1. The maximum atomic E-state index is 11.4. The molecule has 5 heteroatoms. The van der Waals surface area contributed by atoms with E-state index in [2.05, 4.69) is 0 Å². The minimum Gasteiger partial charge on any atom is -0.295 e. The van der Waals surface area contributed by atoms with Crippen LogP contribution in [0.3, 0.4) is 0 Å². The molecule has 0 aliphatic heterocycles. The van der Waals surface area contributed by atoms with E-state index in [-0.39, 0.29) is 11.5 Å². The van der Waals surface area contributed by atoms with Gasteiger partial charge in [0, 0.05) is 24.4 Å². The molecule has 0 aliphatic carbocycles. The second-order valence-corrected chi connectivity index (χ2v) is 4.17. The van der Waals surface area contributed by atoms with Crippen molar-refractivity contribution in [3.63, 3.8) is 0 Å². The quantitative estimate of drug-likeness (QED) is 0.249. The molecule has 0 aromatic heterocycles. The van der Waals surface area contributed by atoms with Crippen molar-refractivity contribution in [2.45, 2.75) is 19.3 Å². The standard InChI is InChI=1S/C13H14ClNO3/c14-10-2-1-3-13(16)9-6-11-4-7-12(8-5-11)15(17)18/h4-9H,1-3,10H2/b9-6+. The number of non-ortho nitro benzene ring substituents is 1. The summed E-state index contributed by atoms with van der Waals surface area (Å²) in [6.07, 6.45) is 5.25. The van der Waals surface area contributed by atoms with Gasteiger partial charge in [0.05, 0.1) is 4.92 Å². The van der Waals surface area contributed by atoms with E-state index in [1.54, 1.807) is 18.2 Å². The molecule has 1 aromatic carbocycles. The van der Waals surface area contributed by atoms with E-state index in [0.717, 1.165) is 18.4 Å². The zero-order valence-electron chi connectivity index (χ0n) is 9.84. The Labute approximate surface area is 110 Å². The van der Waals surface area contributed by atoms with Crippen molar-refractivity contribution in [3.05, 3.63) is 46.0 Å². The fourth-order valence-corrected chi connectivity index (χ4v) is 1.56. The van der Waals surface area contributed by atoms with Crippen LogP contribution in [0.5, 0.6) is 0 Å². The predicted octanol–water partition coefficient (Wildman–Crippen LogP) is 3.59. The summed E-state index contributed by atoms with van der Waals surface area (Å²) in [6, 6.07) is 6.05. The van der Waals surface area contributed by atoms with Gasteiger partial charge in [-0.3, -0.25) is 14.9 Å². The fraction of sp³-hybridized carbons (Fsp3) is 0.308. The summed E-state index contributed by atoms with van der Waals surface area (Å²) in [5.41, 5.74) is 0.812. The third kappa shape index (κ3) is 5.10. The van der Waals surface area contributed by atoms with Crippen LogP contribution in [0.2, 0.25) is 0 Å². The topological polar surface area (TPSA) is 60.2 Å². The van der Waals surface area contributed by atoms with Crippen LogP contribution in [0.25, 0.3) is 6.08 Å². The summed E-state index contributed by atoms with van der Waals surface area (Å²) in [5.74, 6) is 0.609. The number of unbranched alkanes of at least 4 members (excludes halogenated alkanes) is 1. The van der Waals surface area contributed by atoms with E-state index < -0.39 is 4.92 Å². The number of nitro groups is 1. The number of hydrogen-bond acceptors (Lipinski definition) is 3. The zero-order chi connectivity index (χ0) is 13.4. The van der Waals surface area contributed by atoms with Crippen LogP contribution in [-0.4, -0.2) is 16.6 Å². The van der Waals surface area contributed by atoms with Gasteiger partial charge in [-0.15, -0.1) is 11.6 Å². The highest BCUT2D eigenvalue weighted by Crippen LogP contribution is 2.13. The number of allylic oxidation sites excluding steroid dienone is 1. The first-order valence-electron chi connectivity index (χ1n) is 5.65. The first-order chi connectivity index (χ1) is 8.63. The lowest BCUT2D eigenvalue weighted by atomic mass is 10.1. The highest BCUT2D eigenvalue weighted by molar-refractivity contribution is 6.17. The lowest BCUT2D eigenvalue weighted by molar-refractivity contribution is -0.384.